The van der Waals surface area contributed by atoms with Gasteiger partial charge in [0.05, 0.1) is 12.3 Å². The quantitative estimate of drug-likeness (QED) is 0.561. The largest absolute Gasteiger partial charge is 0.492 e. The molecule has 0 radical (unpaired) electrons. The molecule has 4 heterocycles. The first-order valence-electron chi connectivity index (χ1n) is 8.62. The molecule has 0 bridgehead atoms. The van der Waals surface area contributed by atoms with Gasteiger partial charge in [-0.2, -0.15) is 10.3 Å². The number of nitrogens with zero attached hydrogens (tertiary/aromatic N) is 6. The molecule has 0 saturated carbocycles. The number of thiazole rings is 1. The molecule has 0 amide bonds. The minimum Gasteiger partial charge on any atom is -0.492 e. The van der Waals surface area contributed by atoms with Crippen LogP contribution in [0.1, 0.15) is 30.5 Å². The standard InChI is InChI=1S/C17H16N8OS/c1-8(2)14-19-16(21-20-14)17-18-13-10-4-3-9(15-22-24-25-23-15)7-11(10)26-6-5-12(13)27-17/h3-4,7-8H,5-6H2,1-2H3,(H,19,20,21)(H,22,23,24,25). The highest BCUT2D eigenvalue weighted by Crippen LogP contribution is 2.40. The normalized spacial score (nSPS) is 13.1. The summed E-state index contributed by atoms with van der Waals surface area (Å²) < 4.78 is 5.95. The molecule has 3 aromatic heterocycles. The Hall–Kier alpha value is -3.14. The number of tetrazole rings is 1. The Labute approximate surface area is 158 Å². The van der Waals surface area contributed by atoms with Crippen molar-refractivity contribution in [1.82, 2.24) is 40.8 Å². The third kappa shape index (κ3) is 2.78. The molecule has 0 aliphatic carbocycles. The molecule has 0 unspecified atom stereocenters. The third-order valence-corrected chi connectivity index (χ3v) is 5.48. The van der Waals surface area contributed by atoms with Gasteiger partial charge in [0.1, 0.15) is 11.6 Å². The summed E-state index contributed by atoms with van der Waals surface area (Å²) in [5.41, 5.74) is 2.73. The van der Waals surface area contributed by atoms with Gasteiger partial charge in [-0.25, -0.2) is 9.97 Å². The number of aromatic nitrogens is 8. The highest BCUT2D eigenvalue weighted by molar-refractivity contribution is 7.15. The molecule has 1 aliphatic heterocycles. The van der Waals surface area contributed by atoms with Crippen LogP contribution < -0.4 is 4.74 Å². The van der Waals surface area contributed by atoms with E-state index < -0.39 is 0 Å². The fourth-order valence-electron chi connectivity index (χ4n) is 2.97. The van der Waals surface area contributed by atoms with E-state index in [1.54, 1.807) is 11.3 Å². The smallest absolute Gasteiger partial charge is 0.210 e. The van der Waals surface area contributed by atoms with Crippen molar-refractivity contribution in [2.24, 2.45) is 0 Å². The van der Waals surface area contributed by atoms with Gasteiger partial charge in [-0.3, -0.25) is 5.10 Å². The number of hydrogen-bond donors (Lipinski definition) is 2. The van der Waals surface area contributed by atoms with Crippen molar-refractivity contribution >= 4 is 11.3 Å². The second kappa shape index (κ2) is 6.23. The van der Waals surface area contributed by atoms with E-state index in [1.165, 1.54) is 4.88 Å². The molecule has 0 spiro atoms. The minimum absolute atomic E-state index is 0.293. The zero-order valence-electron chi connectivity index (χ0n) is 14.7. The topological polar surface area (TPSA) is 118 Å². The predicted octanol–water partition coefficient (Wildman–Crippen LogP) is 2.83. The number of hydrogen-bond acceptors (Lipinski definition) is 8. The minimum atomic E-state index is 0.293. The fourth-order valence-corrected chi connectivity index (χ4v) is 3.96. The molecule has 5 rings (SSSR count). The molecular weight excluding hydrogens is 364 g/mol. The number of fused-ring (bicyclic) bond motifs is 3. The van der Waals surface area contributed by atoms with E-state index in [0.717, 1.165) is 39.8 Å². The van der Waals surface area contributed by atoms with Crippen molar-refractivity contribution in [3.05, 3.63) is 28.9 Å². The van der Waals surface area contributed by atoms with E-state index in [0.29, 0.717) is 24.2 Å². The van der Waals surface area contributed by atoms with Crippen molar-refractivity contribution in [3.63, 3.8) is 0 Å². The monoisotopic (exact) mass is 380 g/mol. The summed E-state index contributed by atoms with van der Waals surface area (Å²) in [6.45, 7) is 4.75. The van der Waals surface area contributed by atoms with Crippen molar-refractivity contribution in [1.29, 1.82) is 0 Å². The zero-order valence-corrected chi connectivity index (χ0v) is 15.5. The van der Waals surface area contributed by atoms with Gasteiger partial charge in [0, 0.05) is 28.3 Å². The Morgan fingerprint density at radius 2 is 2.07 bits per heavy atom. The highest BCUT2D eigenvalue weighted by atomic mass is 32.1. The Morgan fingerprint density at radius 3 is 2.85 bits per heavy atom. The van der Waals surface area contributed by atoms with E-state index in [1.807, 2.05) is 18.2 Å². The van der Waals surface area contributed by atoms with E-state index in [-0.39, 0.29) is 0 Å². The van der Waals surface area contributed by atoms with E-state index in [4.69, 9.17) is 9.72 Å². The highest BCUT2D eigenvalue weighted by Gasteiger charge is 2.23. The summed E-state index contributed by atoms with van der Waals surface area (Å²) in [5, 5.41) is 22.3. The summed E-state index contributed by atoms with van der Waals surface area (Å²) in [6.07, 6.45) is 0.792. The number of H-pyrrole nitrogens is 2. The molecular formula is C17H16N8OS. The Kier molecular flexibility index (Phi) is 3.71. The zero-order chi connectivity index (χ0) is 18.4. The molecule has 0 fully saturated rings. The van der Waals surface area contributed by atoms with Gasteiger partial charge < -0.3 is 4.74 Å². The maximum absolute atomic E-state index is 5.95. The second-order valence-corrected chi connectivity index (χ2v) is 7.62. The molecule has 27 heavy (non-hydrogen) atoms. The summed E-state index contributed by atoms with van der Waals surface area (Å²) in [5.74, 6) is 3.10. The van der Waals surface area contributed by atoms with Gasteiger partial charge in [-0.15, -0.1) is 21.5 Å². The van der Waals surface area contributed by atoms with Crippen LogP contribution in [0, 0.1) is 0 Å². The number of aromatic amines is 2. The number of nitrogens with one attached hydrogen (secondary N) is 2. The summed E-state index contributed by atoms with van der Waals surface area (Å²) in [7, 11) is 0. The van der Waals surface area contributed by atoms with Crippen LogP contribution >= 0.6 is 11.3 Å². The molecule has 9 nitrogen and oxygen atoms in total. The number of rotatable bonds is 3. The number of ether oxygens (including phenoxy) is 1. The van der Waals surface area contributed by atoms with Crippen molar-refractivity contribution in [2.75, 3.05) is 6.61 Å². The van der Waals surface area contributed by atoms with E-state index in [2.05, 4.69) is 49.7 Å². The average molecular weight is 380 g/mol. The van der Waals surface area contributed by atoms with E-state index in [9.17, 15) is 0 Å². The molecule has 2 N–H and O–H groups in total. The third-order valence-electron chi connectivity index (χ3n) is 4.37. The van der Waals surface area contributed by atoms with Crippen molar-refractivity contribution in [2.45, 2.75) is 26.2 Å². The van der Waals surface area contributed by atoms with Crippen LogP contribution in [0.25, 0.3) is 33.5 Å². The predicted molar refractivity (Wildman–Crippen MR) is 99.4 cm³/mol. The number of benzene rings is 1. The lowest BCUT2D eigenvalue weighted by atomic mass is 10.1. The lowest BCUT2D eigenvalue weighted by molar-refractivity contribution is 0.327. The van der Waals surface area contributed by atoms with Crippen molar-refractivity contribution in [3.8, 4) is 39.2 Å². The maximum atomic E-state index is 5.95. The molecule has 1 aliphatic rings. The van der Waals surface area contributed by atoms with Gasteiger partial charge in [0.15, 0.2) is 5.01 Å². The van der Waals surface area contributed by atoms with Crippen LogP contribution in [0.3, 0.4) is 0 Å². The molecule has 0 saturated heterocycles. The lowest BCUT2D eigenvalue weighted by Crippen LogP contribution is -1.98. The fraction of sp³-hybridized carbons (Fsp3) is 0.294. The van der Waals surface area contributed by atoms with Crippen LogP contribution in [0.15, 0.2) is 18.2 Å². The molecule has 4 aromatic rings. The molecule has 136 valence electrons. The first-order chi connectivity index (χ1) is 13.2. The molecule has 10 heteroatoms. The Morgan fingerprint density at radius 1 is 1.15 bits per heavy atom. The van der Waals surface area contributed by atoms with Gasteiger partial charge in [-0.1, -0.05) is 19.9 Å². The Bertz CT molecular complexity index is 1100. The van der Waals surface area contributed by atoms with Gasteiger partial charge in [0.2, 0.25) is 11.6 Å². The van der Waals surface area contributed by atoms with Gasteiger partial charge >= 0.3 is 0 Å². The Balaban J connectivity index is 1.57. The van der Waals surface area contributed by atoms with Crippen LogP contribution in [0.2, 0.25) is 0 Å². The van der Waals surface area contributed by atoms with Crippen LogP contribution in [0.5, 0.6) is 5.75 Å². The van der Waals surface area contributed by atoms with Crippen LogP contribution in [-0.2, 0) is 6.42 Å². The first kappa shape index (κ1) is 16.1. The van der Waals surface area contributed by atoms with Crippen LogP contribution in [0.4, 0.5) is 0 Å². The first-order valence-corrected chi connectivity index (χ1v) is 9.44. The van der Waals surface area contributed by atoms with Crippen LogP contribution in [-0.4, -0.2) is 47.4 Å². The molecule has 0 atom stereocenters. The summed E-state index contributed by atoms with van der Waals surface area (Å²) >= 11 is 1.62. The lowest BCUT2D eigenvalue weighted by Gasteiger charge is -2.07. The van der Waals surface area contributed by atoms with Gasteiger partial charge in [0.25, 0.3) is 0 Å². The van der Waals surface area contributed by atoms with Crippen molar-refractivity contribution < 1.29 is 4.74 Å². The summed E-state index contributed by atoms with van der Waals surface area (Å²) in [4.78, 5) is 10.6. The van der Waals surface area contributed by atoms with Gasteiger partial charge in [-0.05, 0) is 17.3 Å². The SMILES string of the molecule is CC(C)c1nc(-c2nc3c(s2)CCOc2cc(-c4nn[nH]n4)ccc2-3)n[nH]1. The maximum Gasteiger partial charge on any atom is 0.210 e. The van der Waals surface area contributed by atoms with E-state index >= 15 is 0 Å². The average Bonchev–Trinajstić information content (AvgIpc) is 3.41. The molecule has 1 aromatic carbocycles. The summed E-state index contributed by atoms with van der Waals surface area (Å²) in [6, 6.07) is 5.87. The second-order valence-electron chi connectivity index (χ2n) is 6.53.